The molecule has 92 valence electrons. The highest BCUT2D eigenvalue weighted by molar-refractivity contribution is 6.00. The highest BCUT2D eigenvalue weighted by atomic mass is 16.1. The maximum absolute atomic E-state index is 11.3. The van der Waals surface area contributed by atoms with Gasteiger partial charge in [0.1, 0.15) is 0 Å². The second-order valence-corrected chi connectivity index (χ2v) is 5.07. The van der Waals surface area contributed by atoms with Crippen molar-refractivity contribution in [2.75, 3.05) is 29.5 Å². The van der Waals surface area contributed by atoms with E-state index in [2.05, 4.69) is 24.1 Å². The zero-order chi connectivity index (χ0) is 12.6. The first-order valence-electron chi connectivity index (χ1n) is 5.90. The summed E-state index contributed by atoms with van der Waals surface area (Å²) in [4.78, 5) is 13.4. The van der Waals surface area contributed by atoms with Gasteiger partial charge in [-0.1, -0.05) is 13.8 Å². The fraction of sp³-hybridized carbons (Fsp3) is 0.462. The molecule has 0 aromatic heterocycles. The van der Waals surface area contributed by atoms with Crippen LogP contribution in [-0.4, -0.2) is 19.5 Å². The molecule has 2 rings (SSSR count). The molecule has 0 saturated carbocycles. The van der Waals surface area contributed by atoms with Crippen LogP contribution in [0.5, 0.6) is 0 Å². The second-order valence-electron chi connectivity index (χ2n) is 5.07. The van der Waals surface area contributed by atoms with Crippen molar-refractivity contribution in [2.24, 2.45) is 5.92 Å². The smallest absolute Gasteiger partial charge is 0.228 e. The second kappa shape index (κ2) is 4.28. The number of carbonyl (C=O) groups excluding carboxylic acids is 1. The molecule has 0 radical (unpaired) electrons. The quantitative estimate of drug-likeness (QED) is 0.783. The van der Waals surface area contributed by atoms with E-state index in [4.69, 9.17) is 5.73 Å². The van der Waals surface area contributed by atoms with Gasteiger partial charge < -0.3 is 16.0 Å². The standard InChI is InChI=1S/C13H19N3O/c1-8(2)7-16(3)12-6-11-9(4-10(12)14)5-13(17)15-11/h4,6,8H,5,7,14H2,1-3H3,(H,15,17). The molecule has 17 heavy (non-hydrogen) atoms. The van der Waals surface area contributed by atoms with E-state index in [0.29, 0.717) is 12.3 Å². The number of nitrogens with one attached hydrogen (secondary N) is 1. The third-order valence-electron chi connectivity index (χ3n) is 2.93. The summed E-state index contributed by atoms with van der Waals surface area (Å²) < 4.78 is 0. The number of nitrogens with two attached hydrogens (primary N) is 1. The van der Waals surface area contributed by atoms with Gasteiger partial charge in [0, 0.05) is 19.3 Å². The van der Waals surface area contributed by atoms with Gasteiger partial charge in [-0.15, -0.1) is 0 Å². The molecule has 0 fully saturated rings. The van der Waals surface area contributed by atoms with Crippen molar-refractivity contribution < 1.29 is 4.79 Å². The third-order valence-corrected chi connectivity index (χ3v) is 2.93. The first-order chi connectivity index (χ1) is 7.97. The van der Waals surface area contributed by atoms with E-state index >= 15 is 0 Å². The number of benzene rings is 1. The van der Waals surface area contributed by atoms with E-state index < -0.39 is 0 Å². The maximum atomic E-state index is 11.3. The van der Waals surface area contributed by atoms with Crippen LogP contribution in [0.1, 0.15) is 19.4 Å². The molecule has 1 aliphatic rings. The lowest BCUT2D eigenvalue weighted by Gasteiger charge is -2.23. The molecule has 4 heteroatoms. The Morgan fingerprint density at radius 3 is 2.82 bits per heavy atom. The normalized spacial score (nSPS) is 13.8. The predicted molar refractivity (Wildman–Crippen MR) is 71.3 cm³/mol. The van der Waals surface area contributed by atoms with Crippen LogP contribution in [0, 0.1) is 5.92 Å². The van der Waals surface area contributed by atoms with Gasteiger partial charge in [0.2, 0.25) is 5.91 Å². The summed E-state index contributed by atoms with van der Waals surface area (Å²) in [6.07, 6.45) is 0.438. The zero-order valence-electron chi connectivity index (χ0n) is 10.6. The van der Waals surface area contributed by atoms with Crippen LogP contribution in [0.3, 0.4) is 0 Å². The van der Waals surface area contributed by atoms with Crippen LogP contribution in [0.4, 0.5) is 17.1 Å². The molecule has 1 aliphatic heterocycles. The van der Waals surface area contributed by atoms with E-state index in [1.165, 1.54) is 0 Å². The Morgan fingerprint density at radius 1 is 1.47 bits per heavy atom. The summed E-state index contributed by atoms with van der Waals surface area (Å²) in [7, 11) is 2.02. The van der Waals surface area contributed by atoms with Crippen molar-refractivity contribution in [1.82, 2.24) is 0 Å². The fourth-order valence-electron chi connectivity index (χ4n) is 2.26. The first-order valence-corrected chi connectivity index (χ1v) is 5.90. The molecule has 0 spiro atoms. The van der Waals surface area contributed by atoms with Gasteiger partial charge in [-0.25, -0.2) is 0 Å². The maximum Gasteiger partial charge on any atom is 0.228 e. The zero-order valence-corrected chi connectivity index (χ0v) is 10.6. The van der Waals surface area contributed by atoms with Gasteiger partial charge in [0.15, 0.2) is 0 Å². The Hall–Kier alpha value is -1.71. The number of nitrogens with zero attached hydrogens (tertiary/aromatic N) is 1. The number of hydrogen-bond donors (Lipinski definition) is 2. The average Bonchev–Trinajstić information content (AvgIpc) is 2.54. The monoisotopic (exact) mass is 233 g/mol. The highest BCUT2D eigenvalue weighted by Crippen LogP contribution is 2.33. The lowest BCUT2D eigenvalue weighted by atomic mass is 10.1. The van der Waals surface area contributed by atoms with Crippen LogP contribution in [0.15, 0.2) is 12.1 Å². The molecule has 4 nitrogen and oxygen atoms in total. The van der Waals surface area contributed by atoms with Crippen molar-refractivity contribution in [3.63, 3.8) is 0 Å². The Morgan fingerprint density at radius 2 is 2.18 bits per heavy atom. The molecule has 0 bridgehead atoms. The Kier molecular flexibility index (Phi) is 2.96. The summed E-state index contributed by atoms with van der Waals surface area (Å²) in [6.45, 7) is 5.28. The molecule has 0 aliphatic carbocycles. The summed E-state index contributed by atoms with van der Waals surface area (Å²) >= 11 is 0. The Bertz CT molecular complexity index is 454. The molecule has 1 aromatic carbocycles. The lowest BCUT2D eigenvalue weighted by molar-refractivity contribution is -0.115. The van der Waals surface area contributed by atoms with E-state index in [-0.39, 0.29) is 5.91 Å². The summed E-state index contributed by atoms with van der Waals surface area (Å²) in [5.74, 6) is 0.616. The van der Waals surface area contributed by atoms with Crippen LogP contribution < -0.4 is 16.0 Å². The number of nitrogen functional groups attached to an aromatic ring is 1. The van der Waals surface area contributed by atoms with Crippen molar-refractivity contribution in [2.45, 2.75) is 20.3 Å². The van der Waals surface area contributed by atoms with E-state index in [0.717, 1.165) is 29.2 Å². The molecule has 0 atom stereocenters. The average molecular weight is 233 g/mol. The predicted octanol–water partition coefficient (Wildman–Crippen LogP) is 1.86. The molecule has 1 amide bonds. The van der Waals surface area contributed by atoms with E-state index in [1.54, 1.807) is 0 Å². The van der Waals surface area contributed by atoms with Gasteiger partial charge in [-0.2, -0.15) is 0 Å². The number of rotatable bonds is 3. The Balaban J connectivity index is 2.30. The summed E-state index contributed by atoms with van der Waals surface area (Å²) in [5, 5.41) is 2.85. The highest BCUT2D eigenvalue weighted by Gasteiger charge is 2.20. The molecular weight excluding hydrogens is 214 g/mol. The molecule has 0 saturated heterocycles. The summed E-state index contributed by atoms with van der Waals surface area (Å²) in [5.41, 5.74) is 9.65. The number of carbonyl (C=O) groups is 1. The number of anilines is 3. The van der Waals surface area contributed by atoms with Gasteiger partial charge in [0.25, 0.3) is 0 Å². The lowest BCUT2D eigenvalue weighted by Crippen LogP contribution is -2.23. The van der Waals surface area contributed by atoms with Crippen LogP contribution >= 0.6 is 0 Å². The number of hydrogen-bond acceptors (Lipinski definition) is 3. The summed E-state index contributed by atoms with van der Waals surface area (Å²) in [6, 6.07) is 3.87. The molecule has 1 heterocycles. The van der Waals surface area contributed by atoms with Crippen molar-refractivity contribution >= 4 is 23.0 Å². The van der Waals surface area contributed by atoms with Crippen molar-refractivity contribution in [1.29, 1.82) is 0 Å². The van der Waals surface area contributed by atoms with Gasteiger partial charge in [0.05, 0.1) is 17.8 Å². The Labute approximate surface area is 102 Å². The third kappa shape index (κ3) is 2.35. The first kappa shape index (κ1) is 11.8. The van der Waals surface area contributed by atoms with Crippen LogP contribution in [0.2, 0.25) is 0 Å². The van der Waals surface area contributed by atoms with Crippen molar-refractivity contribution in [3.05, 3.63) is 17.7 Å². The molecular formula is C13H19N3O. The largest absolute Gasteiger partial charge is 0.397 e. The molecule has 0 unspecified atom stereocenters. The van der Waals surface area contributed by atoms with Gasteiger partial charge >= 0.3 is 0 Å². The van der Waals surface area contributed by atoms with E-state index in [1.807, 2.05) is 19.2 Å². The van der Waals surface area contributed by atoms with Gasteiger partial charge in [-0.05, 0) is 23.6 Å². The number of amides is 1. The van der Waals surface area contributed by atoms with Crippen molar-refractivity contribution in [3.8, 4) is 0 Å². The molecule has 3 N–H and O–H groups in total. The van der Waals surface area contributed by atoms with Gasteiger partial charge in [-0.3, -0.25) is 4.79 Å². The number of fused-ring (bicyclic) bond motifs is 1. The van der Waals surface area contributed by atoms with Crippen LogP contribution in [0.25, 0.3) is 0 Å². The minimum absolute atomic E-state index is 0.0445. The van der Waals surface area contributed by atoms with E-state index in [9.17, 15) is 4.79 Å². The molecule has 1 aromatic rings. The van der Waals surface area contributed by atoms with Crippen LogP contribution in [-0.2, 0) is 11.2 Å². The SMILES string of the molecule is CC(C)CN(C)c1cc2c(cc1N)CC(=O)N2. The fourth-order valence-corrected chi connectivity index (χ4v) is 2.26. The minimum atomic E-state index is 0.0445. The minimum Gasteiger partial charge on any atom is -0.397 e. The topological polar surface area (TPSA) is 58.4 Å².